The number of benzene rings is 1. The number of imidazole rings is 1. The van der Waals surface area contributed by atoms with E-state index in [-0.39, 0.29) is 17.9 Å². The molecule has 0 radical (unpaired) electrons. The van der Waals surface area contributed by atoms with Crippen molar-refractivity contribution in [1.29, 1.82) is 0 Å². The van der Waals surface area contributed by atoms with Crippen LogP contribution in [-0.4, -0.2) is 62.4 Å². The molecule has 5 rings (SSSR count). The molecule has 8 nitrogen and oxygen atoms in total. The highest BCUT2D eigenvalue weighted by atomic mass is 16.2. The molecular formula is C23H26N6O2. The number of rotatable bonds is 3. The van der Waals surface area contributed by atoms with Gasteiger partial charge in [-0.05, 0) is 43.9 Å². The Labute approximate surface area is 180 Å². The molecule has 0 aliphatic carbocycles. The second-order valence-corrected chi connectivity index (χ2v) is 8.29. The Morgan fingerprint density at radius 1 is 1.06 bits per heavy atom. The molecule has 0 saturated carbocycles. The maximum absolute atomic E-state index is 13.4. The van der Waals surface area contributed by atoms with E-state index < -0.39 is 6.04 Å². The number of carbonyl (C=O) groups excluding carboxylic acids is 2. The molecular weight excluding hydrogens is 392 g/mol. The number of aromatic amines is 1. The third-order valence-electron chi connectivity index (χ3n) is 6.25. The molecule has 4 heterocycles. The van der Waals surface area contributed by atoms with Crippen molar-refractivity contribution in [3.63, 3.8) is 0 Å². The van der Waals surface area contributed by atoms with Gasteiger partial charge in [-0.1, -0.05) is 18.2 Å². The van der Waals surface area contributed by atoms with Crippen LogP contribution < -0.4 is 5.32 Å². The normalized spacial score (nSPS) is 21.4. The zero-order valence-corrected chi connectivity index (χ0v) is 17.3. The summed E-state index contributed by atoms with van der Waals surface area (Å²) >= 11 is 0. The lowest BCUT2D eigenvalue weighted by atomic mass is 9.96. The number of hydrogen-bond donors (Lipinski definition) is 2. The lowest BCUT2D eigenvalue weighted by Gasteiger charge is -2.35. The average molecular weight is 419 g/mol. The van der Waals surface area contributed by atoms with Crippen LogP contribution in [0.4, 0.5) is 10.5 Å². The monoisotopic (exact) mass is 418 g/mol. The van der Waals surface area contributed by atoms with E-state index in [4.69, 9.17) is 4.98 Å². The Bertz CT molecular complexity index is 1050. The number of para-hydroxylation sites is 1. The SMILES string of the molecule is O=C([C@H]1CCCN1C(=O)Nc1ccccc1)N1CCCC(c2nc3ccncc3[nH]2)C1. The van der Waals surface area contributed by atoms with Crippen LogP contribution in [0.1, 0.15) is 37.4 Å². The molecule has 1 aromatic carbocycles. The number of amides is 3. The first-order valence-electron chi connectivity index (χ1n) is 10.9. The third kappa shape index (κ3) is 3.97. The molecule has 0 spiro atoms. The summed E-state index contributed by atoms with van der Waals surface area (Å²) in [5, 5.41) is 2.92. The number of likely N-dealkylation sites (tertiary alicyclic amines) is 2. The van der Waals surface area contributed by atoms with Gasteiger partial charge in [0.05, 0.1) is 17.2 Å². The van der Waals surface area contributed by atoms with E-state index in [1.807, 2.05) is 41.3 Å². The van der Waals surface area contributed by atoms with Crippen LogP contribution in [0.25, 0.3) is 11.0 Å². The van der Waals surface area contributed by atoms with Gasteiger partial charge in [0, 0.05) is 37.4 Å². The highest BCUT2D eigenvalue weighted by molar-refractivity contribution is 5.94. The van der Waals surface area contributed by atoms with Crippen molar-refractivity contribution >= 4 is 28.7 Å². The van der Waals surface area contributed by atoms with Crippen molar-refractivity contribution in [3.8, 4) is 0 Å². The van der Waals surface area contributed by atoms with Crippen LogP contribution in [-0.2, 0) is 4.79 Å². The standard InChI is InChI=1S/C23H26N6O2/c30-22(20-9-5-13-29(20)23(31)25-17-7-2-1-3-8-17)28-12-4-6-16(15-28)21-26-18-10-11-24-14-19(18)27-21/h1-3,7-8,10-11,14,16,20H,4-6,9,12-13,15H2,(H,25,31)(H,26,27)/t16?,20-/m1/s1. The van der Waals surface area contributed by atoms with Gasteiger partial charge < -0.3 is 20.1 Å². The molecule has 2 aromatic heterocycles. The molecule has 0 bridgehead atoms. The molecule has 8 heteroatoms. The zero-order chi connectivity index (χ0) is 21.2. The molecule has 3 aromatic rings. The summed E-state index contributed by atoms with van der Waals surface area (Å²) in [5.74, 6) is 1.12. The number of pyridine rings is 1. The van der Waals surface area contributed by atoms with Crippen LogP contribution in [0.5, 0.6) is 0 Å². The second kappa shape index (κ2) is 8.37. The van der Waals surface area contributed by atoms with Crippen molar-refractivity contribution < 1.29 is 9.59 Å². The molecule has 3 amide bonds. The fourth-order valence-electron chi connectivity index (χ4n) is 4.66. The first kappa shape index (κ1) is 19.5. The molecule has 2 aliphatic heterocycles. The molecule has 2 N–H and O–H groups in total. The van der Waals surface area contributed by atoms with Gasteiger partial charge in [0.1, 0.15) is 11.9 Å². The highest BCUT2D eigenvalue weighted by Gasteiger charge is 2.38. The minimum absolute atomic E-state index is 0.0446. The highest BCUT2D eigenvalue weighted by Crippen LogP contribution is 2.29. The van der Waals surface area contributed by atoms with Gasteiger partial charge in [0.25, 0.3) is 0 Å². The molecule has 2 saturated heterocycles. The summed E-state index contributed by atoms with van der Waals surface area (Å²) < 4.78 is 0. The minimum Gasteiger partial charge on any atom is -0.340 e. The average Bonchev–Trinajstić information content (AvgIpc) is 3.47. The summed E-state index contributed by atoms with van der Waals surface area (Å²) in [6.07, 6.45) is 6.97. The Kier molecular flexibility index (Phi) is 5.28. The molecule has 2 fully saturated rings. The Balaban J connectivity index is 1.27. The predicted molar refractivity (Wildman–Crippen MR) is 118 cm³/mol. The maximum Gasteiger partial charge on any atom is 0.322 e. The van der Waals surface area contributed by atoms with Crippen molar-refractivity contribution in [2.75, 3.05) is 25.0 Å². The number of hydrogen-bond acceptors (Lipinski definition) is 4. The fraction of sp³-hybridized carbons (Fsp3) is 0.391. The summed E-state index contributed by atoms with van der Waals surface area (Å²) in [6.45, 7) is 1.95. The van der Waals surface area contributed by atoms with Crippen LogP contribution in [0.3, 0.4) is 0 Å². The van der Waals surface area contributed by atoms with E-state index in [9.17, 15) is 9.59 Å². The van der Waals surface area contributed by atoms with Crippen LogP contribution in [0, 0.1) is 0 Å². The summed E-state index contributed by atoms with van der Waals surface area (Å²) in [5.41, 5.74) is 2.55. The van der Waals surface area contributed by atoms with Gasteiger partial charge >= 0.3 is 6.03 Å². The first-order chi connectivity index (χ1) is 15.2. The lowest BCUT2D eigenvalue weighted by molar-refractivity contribution is -0.136. The van der Waals surface area contributed by atoms with Gasteiger partial charge in [0.2, 0.25) is 5.91 Å². The third-order valence-corrected chi connectivity index (χ3v) is 6.25. The second-order valence-electron chi connectivity index (χ2n) is 8.29. The van der Waals surface area contributed by atoms with Gasteiger partial charge in [-0.15, -0.1) is 0 Å². The van der Waals surface area contributed by atoms with E-state index >= 15 is 0 Å². The molecule has 31 heavy (non-hydrogen) atoms. The van der Waals surface area contributed by atoms with E-state index in [2.05, 4.69) is 15.3 Å². The number of nitrogens with zero attached hydrogens (tertiary/aromatic N) is 4. The first-order valence-corrected chi connectivity index (χ1v) is 10.9. The van der Waals surface area contributed by atoms with Crippen molar-refractivity contribution in [2.24, 2.45) is 0 Å². The van der Waals surface area contributed by atoms with E-state index in [0.29, 0.717) is 19.5 Å². The van der Waals surface area contributed by atoms with Gasteiger partial charge in [-0.2, -0.15) is 0 Å². The van der Waals surface area contributed by atoms with Crippen molar-refractivity contribution in [1.82, 2.24) is 24.8 Å². The van der Waals surface area contributed by atoms with E-state index in [1.54, 1.807) is 17.3 Å². The smallest absolute Gasteiger partial charge is 0.322 e. The summed E-state index contributed by atoms with van der Waals surface area (Å²) in [4.78, 5) is 42.0. The van der Waals surface area contributed by atoms with Gasteiger partial charge in [-0.3, -0.25) is 9.78 Å². The number of H-pyrrole nitrogens is 1. The molecule has 2 atom stereocenters. The lowest BCUT2D eigenvalue weighted by Crippen LogP contribution is -2.51. The number of piperidine rings is 1. The number of urea groups is 1. The molecule has 160 valence electrons. The summed E-state index contributed by atoms with van der Waals surface area (Å²) in [6, 6.07) is 10.6. The fourth-order valence-corrected chi connectivity index (χ4v) is 4.66. The number of aromatic nitrogens is 3. The number of nitrogens with one attached hydrogen (secondary N) is 2. The Morgan fingerprint density at radius 2 is 1.90 bits per heavy atom. The molecule has 1 unspecified atom stereocenters. The van der Waals surface area contributed by atoms with Crippen molar-refractivity contribution in [3.05, 3.63) is 54.6 Å². The van der Waals surface area contributed by atoms with E-state index in [0.717, 1.165) is 48.4 Å². The maximum atomic E-state index is 13.4. The number of fused-ring (bicyclic) bond motifs is 1. The Hall–Kier alpha value is -3.42. The number of carbonyl (C=O) groups is 2. The number of anilines is 1. The molecule has 2 aliphatic rings. The largest absolute Gasteiger partial charge is 0.340 e. The zero-order valence-electron chi connectivity index (χ0n) is 17.3. The minimum atomic E-state index is -0.401. The quantitative estimate of drug-likeness (QED) is 0.682. The predicted octanol–water partition coefficient (Wildman–Crippen LogP) is 3.36. The van der Waals surface area contributed by atoms with E-state index in [1.165, 1.54) is 0 Å². The Morgan fingerprint density at radius 3 is 2.74 bits per heavy atom. The van der Waals surface area contributed by atoms with Crippen LogP contribution >= 0.6 is 0 Å². The van der Waals surface area contributed by atoms with Gasteiger partial charge in [0.15, 0.2) is 0 Å². The van der Waals surface area contributed by atoms with Crippen molar-refractivity contribution in [2.45, 2.75) is 37.6 Å². The van der Waals surface area contributed by atoms with Crippen LogP contribution in [0.15, 0.2) is 48.8 Å². The topological polar surface area (TPSA) is 94.2 Å². The van der Waals surface area contributed by atoms with Gasteiger partial charge in [-0.25, -0.2) is 9.78 Å². The summed E-state index contributed by atoms with van der Waals surface area (Å²) in [7, 11) is 0. The van der Waals surface area contributed by atoms with Crippen LogP contribution in [0.2, 0.25) is 0 Å².